The minimum Gasteiger partial charge on any atom is -0.397 e. The van der Waals surface area contributed by atoms with Gasteiger partial charge in [0.1, 0.15) is 12.4 Å². The molecular formula is C12H11ClN6O. The summed E-state index contributed by atoms with van der Waals surface area (Å²) in [4.78, 5) is 15.5. The van der Waals surface area contributed by atoms with Crippen LogP contribution in [-0.4, -0.2) is 20.7 Å². The summed E-state index contributed by atoms with van der Waals surface area (Å²) in [6.07, 6.45) is 1.60. The number of rotatable bonds is 4. The van der Waals surface area contributed by atoms with E-state index in [4.69, 9.17) is 22.6 Å². The molecule has 1 amide bonds. The van der Waals surface area contributed by atoms with Crippen LogP contribution in [0.5, 0.6) is 0 Å². The number of carbonyl (C=O) groups is 1. The Kier molecular flexibility index (Phi) is 4.17. The number of nitrogens with zero attached hydrogens (tertiary/aromatic N) is 4. The smallest absolute Gasteiger partial charge is 0.252 e. The molecule has 20 heavy (non-hydrogen) atoms. The van der Waals surface area contributed by atoms with Gasteiger partial charge in [0.2, 0.25) is 5.91 Å². The number of halogens is 1. The molecule has 0 unspecified atom stereocenters. The Labute approximate surface area is 120 Å². The molecule has 8 heteroatoms. The van der Waals surface area contributed by atoms with Crippen LogP contribution in [0.25, 0.3) is 0 Å². The normalized spacial score (nSPS) is 10.0. The van der Waals surface area contributed by atoms with Gasteiger partial charge in [-0.2, -0.15) is 5.26 Å². The van der Waals surface area contributed by atoms with Gasteiger partial charge in [-0.1, -0.05) is 11.6 Å². The van der Waals surface area contributed by atoms with Crippen LogP contribution in [0.1, 0.15) is 12.2 Å². The van der Waals surface area contributed by atoms with Crippen molar-refractivity contribution in [1.29, 1.82) is 5.26 Å². The van der Waals surface area contributed by atoms with Crippen molar-refractivity contribution in [1.82, 2.24) is 14.8 Å². The third-order valence-corrected chi connectivity index (χ3v) is 2.73. The molecule has 2 rings (SSSR count). The van der Waals surface area contributed by atoms with Gasteiger partial charge in [-0.05, 0) is 18.2 Å². The third kappa shape index (κ3) is 3.46. The number of nitriles is 1. The molecule has 0 bridgehead atoms. The Bertz CT molecular complexity index is 675. The number of amides is 1. The summed E-state index contributed by atoms with van der Waals surface area (Å²) >= 11 is 5.77. The first-order valence-corrected chi connectivity index (χ1v) is 6.10. The number of aryl methyl sites for hydroxylation is 1. The molecule has 7 nitrogen and oxygen atoms in total. The lowest BCUT2D eigenvalue weighted by Gasteiger charge is -2.08. The van der Waals surface area contributed by atoms with E-state index in [1.165, 1.54) is 11.0 Å². The lowest BCUT2D eigenvalue weighted by molar-refractivity contribution is -0.116. The number of nitrogen functional groups attached to an aromatic ring is 1. The lowest BCUT2D eigenvalue weighted by Crippen LogP contribution is -2.15. The maximum absolute atomic E-state index is 11.8. The summed E-state index contributed by atoms with van der Waals surface area (Å²) in [6, 6.07) is 6.66. The van der Waals surface area contributed by atoms with Crippen LogP contribution in [0, 0.1) is 11.3 Å². The van der Waals surface area contributed by atoms with Crippen molar-refractivity contribution in [2.75, 3.05) is 11.1 Å². The molecule has 0 saturated carbocycles. The predicted molar refractivity (Wildman–Crippen MR) is 73.8 cm³/mol. The van der Waals surface area contributed by atoms with Gasteiger partial charge in [-0.25, -0.2) is 4.98 Å². The van der Waals surface area contributed by atoms with Gasteiger partial charge >= 0.3 is 0 Å². The van der Waals surface area contributed by atoms with Crippen LogP contribution in [0.3, 0.4) is 0 Å². The molecule has 0 aliphatic heterocycles. The standard InChI is InChI=1S/C12H11ClN6O/c13-8-1-2-10(9(15)5-8)17-12(20)3-4-19-7-16-11(6-14)18-19/h1-2,5,7H,3-4,15H2,(H,17,20). The highest BCUT2D eigenvalue weighted by atomic mass is 35.5. The summed E-state index contributed by atoms with van der Waals surface area (Å²) in [5, 5.41) is 15.6. The van der Waals surface area contributed by atoms with E-state index in [0.29, 0.717) is 22.9 Å². The van der Waals surface area contributed by atoms with Crippen molar-refractivity contribution >= 4 is 28.9 Å². The quantitative estimate of drug-likeness (QED) is 0.827. The monoisotopic (exact) mass is 290 g/mol. The molecule has 0 atom stereocenters. The average Bonchev–Trinajstić information content (AvgIpc) is 2.88. The largest absolute Gasteiger partial charge is 0.397 e. The Morgan fingerprint density at radius 3 is 3.00 bits per heavy atom. The zero-order chi connectivity index (χ0) is 14.5. The molecule has 102 valence electrons. The first kappa shape index (κ1) is 13.8. The van der Waals surface area contributed by atoms with Gasteiger partial charge in [0.25, 0.3) is 5.82 Å². The molecular weight excluding hydrogens is 280 g/mol. The van der Waals surface area contributed by atoms with E-state index >= 15 is 0 Å². The van der Waals surface area contributed by atoms with E-state index in [1.807, 2.05) is 6.07 Å². The SMILES string of the molecule is N#Cc1ncn(CCC(=O)Nc2ccc(Cl)cc2N)n1. The highest BCUT2D eigenvalue weighted by Gasteiger charge is 2.07. The van der Waals surface area contributed by atoms with Crippen molar-refractivity contribution in [3.63, 3.8) is 0 Å². The van der Waals surface area contributed by atoms with E-state index in [1.54, 1.807) is 18.2 Å². The number of benzene rings is 1. The van der Waals surface area contributed by atoms with E-state index in [2.05, 4.69) is 15.4 Å². The molecule has 1 aromatic carbocycles. The molecule has 1 heterocycles. The van der Waals surface area contributed by atoms with Crippen LogP contribution < -0.4 is 11.1 Å². The topological polar surface area (TPSA) is 110 Å². The summed E-state index contributed by atoms with van der Waals surface area (Å²) in [6.45, 7) is 0.327. The maximum atomic E-state index is 11.8. The minimum absolute atomic E-state index is 0.0763. The molecule has 0 aliphatic carbocycles. The Hall–Kier alpha value is -2.59. The van der Waals surface area contributed by atoms with Crippen LogP contribution >= 0.6 is 11.6 Å². The zero-order valence-electron chi connectivity index (χ0n) is 10.4. The van der Waals surface area contributed by atoms with Gasteiger partial charge in [-0.3, -0.25) is 9.48 Å². The number of anilines is 2. The predicted octanol–water partition coefficient (Wildman–Crippen LogP) is 1.41. The van der Waals surface area contributed by atoms with Crippen molar-refractivity contribution < 1.29 is 4.79 Å². The molecule has 0 aliphatic rings. The third-order valence-electron chi connectivity index (χ3n) is 2.49. The van der Waals surface area contributed by atoms with Gasteiger partial charge in [0, 0.05) is 11.4 Å². The number of hydrogen-bond acceptors (Lipinski definition) is 5. The fourth-order valence-electron chi connectivity index (χ4n) is 1.53. The van der Waals surface area contributed by atoms with Crippen LogP contribution in [0.4, 0.5) is 11.4 Å². The number of aromatic nitrogens is 3. The average molecular weight is 291 g/mol. The molecule has 1 aromatic heterocycles. The fourth-order valence-corrected chi connectivity index (χ4v) is 1.71. The first-order chi connectivity index (χ1) is 9.58. The van der Waals surface area contributed by atoms with E-state index in [9.17, 15) is 4.79 Å². The summed E-state index contributed by atoms with van der Waals surface area (Å²) in [5.74, 6) is -0.139. The Balaban J connectivity index is 1.91. The second-order valence-electron chi connectivity index (χ2n) is 3.97. The van der Waals surface area contributed by atoms with Crippen LogP contribution in [0.2, 0.25) is 5.02 Å². The molecule has 0 spiro atoms. The summed E-state index contributed by atoms with van der Waals surface area (Å²) in [5.41, 5.74) is 6.65. The molecule has 0 fully saturated rings. The van der Waals surface area contributed by atoms with E-state index in [0.717, 1.165) is 0 Å². The molecule has 2 aromatic rings. The minimum atomic E-state index is -0.215. The highest BCUT2D eigenvalue weighted by molar-refractivity contribution is 6.31. The van der Waals surface area contributed by atoms with Crippen molar-refractivity contribution in [2.24, 2.45) is 0 Å². The molecule has 3 N–H and O–H groups in total. The summed E-state index contributed by atoms with van der Waals surface area (Å²) in [7, 11) is 0. The first-order valence-electron chi connectivity index (χ1n) is 5.73. The van der Waals surface area contributed by atoms with Crippen molar-refractivity contribution in [3.8, 4) is 6.07 Å². The lowest BCUT2D eigenvalue weighted by atomic mass is 10.2. The Morgan fingerprint density at radius 1 is 1.55 bits per heavy atom. The van der Waals surface area contributed by atoms with Crippen molar-refractivity contribution in [3.05, 3.63) is 35.4 Å². The van der Waals surface area contributed by atoms with E-state index < -0.39 is 0 Å². The number of nitrogens with two attached hydrogens (primary N) is 1. The number of carbonyl (C=O) groups excluding carboxylic acids is 1. The number of hydrogen-bond donors (Lipinski definition) is 2. The van der Waals surface area contributed by atoms with Crippen LogP contribution in [-0.2, 0) is 11.3 Å². The molecule has 0 radical (unpaired) electrons. The zero-order valence-corrected chi connectivity index (χ0v) is 11.1. The van der Waals surface area contributed by atoms with Gasteiger partial charge in [0.05, 0.1) is 17.9 Å². The van der Waals surface area contributed by atoms with Gasteiger partial charge in [-0.15, -0.1) is 5.10 Å². The Morgan fingerprint density at radius 2 is 2.35 bits per heavy atom. The second kappa shape index (κ2) is 6.04. The van der Waals surface area contributed by atoms with Crippen LogP contribution in [0.15, 0.2) is 24.5 Å². The van der Waals surface area contributed by atoms with E-state index in [-0.39, 0.29) is 18.2 Å². The van der Waals surface area contributed by atoms with Crippen molar-refractivity contribution in [2.45, 2.75) is 13.0 Å². The second-order valence-corrected chi connectivity index (χ2v) is 4.41. The summed E-state index contributed by atoms with van der Waals surface area (Å²) < 4.78 is 1.43. The van der Waals surface area contributed by atoms with Gasteiger partial charge in [0.15, 0.2) is 0 Å². The molecule has 0 saturated heterocycles. The highest BCUT2D eigenvalue weighted by Crippen LogP contribution is 2.22. The fraction of sp³-hybridized carbons (Fsp3) is 0.167. The van der Waals surface area contributed by atoms with Gasteiger partial charge < -0.3 is 11.1 Å². The number of nitrogens with one attached hydrogen (secondary N) is 1. The maximum Gasteiger partial charge on any atom is 0.252 e.